The Morgan fingerprint density at radius 3 is 2.78 bits per heavy atom. The van der Waals surface area contributed by atoms with Crippen molar-refractivity contribution < 1.29 is 14.6 Å². The van der Waals surface area contributed by atoms with E-state index in [1.165, 1.54) is 0 Å². The smallest absolute Gasteiger partial charge is 0.404 e. The summed E-state index contributed by atoms with van der Waals surface area (Å²) in [6.07, 6.45) is 0.137. The minimum atomic E-state index is -0.823. The second-order valence-corrected chi connectivity index (χ2v) is 1.99. The first kappa shape index (κ1) is 8.72. The van der Waals surface area contributed by atoms with Gasteiger partial charge in [0.15, 0.2) is 0 Å². The highest BCUT2D eigenvalue weighted by Crippen LogP contribution is 1.98. The standard InChI is InChI=1S/C5H9ClO3/c1-4(2-3-7)9-5(6)8/h4,7H,2-3H2,1H3. The monoisotopic (exact) mass is 152 g/mol. The number of carbonyl (C=O) groups is 1. The maximum Gasteiger partial charge on any atom is 0.404 e. The van der Waals surface area contributed by atoms with Crippen LogP contribution in [0.2, 0.25) is 0 Å². The van der Waals surface area contributed by atoms with Crippen LogP contribution < -0.4 is 0 Å². The van der Waals surface area contributed by atoms with Crippen molar-refractivity contribution in [1.29, 1.82) is 0 Å². The van der Waals surface area contributed by atoms with E-state index in [-0.39, 0.29) is 12.7 Å². The minimum absolute atomic E-state index is 0.00529. The summed E-state index contributed by atoms with van der Waals surface area (Å²) in [6.45, 7) is 1.67. The van der Waals surface area contributed by atoms with E-state index in [0.29, 0.717) is 6.42 Å². The third-order valence-electron chi connectivity index (χ3n) is 0.829. The zero-order valence-corrected chi connectivity index (χ0v) is 5.89. The first-order chi connectivity index (χ1) is 4.16. The topological polar surface area (TPSA) is 46.5 Å². The molecule has 0 aliphatic carbocycles. The predicted molar refractivity (Wildman–Crippen MR) is 33.5 cm³/mol. The molecule has 0 fully saturated rings. The Morgan fingerprint density at radius 1 is 1.89 bits per heavy atom. The molecule has 0 rings (SSSR count). The highest BCUT2D eigenvalue weighted by molar-refractivity contribution is 6.61. The van der Waals surface area contributed by atoms with Gasteiger partial charge in [0, 0.05) is 24.6 Å². The van der Waals surface area contributed by atoms with Gasteiger partial charge in [-0.1, -0.05) is 0 Å². The van der Waals surface area contributed by atoms with Crippen LogP contribution in [0, 0.1) is 0 Å². The molecule has 0 saturated heterocycles. The molecule has 1 unspecified atom stereocenters. The molecule has 54 valence electrons. The molecule has 0 bridgehead atoms. The Hall–Kier alpha value is -0.280. The van der Waals surface area contributed by atoms with E-state index < -0.39 is 5.43 Å². The number of halogens is 1. The molecule has 0 radical (unpaired) electrons. The molecule has 0 aromatic rings. The van der Waals surface area contributed by atoms with E-state index in [1.807, 2.05) is 0 Å². The van der Waals surface area contributed by atoms with Crippen LogP contribution in [0.1, 0.15) is 13.3 Å². The molecular formula is C5H9ClO3. The number of hydrogen-bond acceptors (Lipinski definition) is 3. The fraction of sp³-hybridized carbons (Fsp3) is 0.800. The second kappa shape index (κ2) is 4.58. The third-order valence-corrected chi connectivity index (χ3v) is 0.919. The fourth-order valence-electron chi connectivity index (χ4n) is 0.399. The van der Waals surface area contributed by atoms with Gasteiger partial charge in [0.05, 0.1) is 0 Å². The van der Waals surface area contributed by atoms with Crippen LogP contribution in [-0.2, 0) is 4.74 Å². The summed E-state index contributed by atoms with van der Waals surface area (Å²) in [5.41, 5.74) is -0.823. The van der Waals surface area contributed by atoms with E-state index in [2.05, 4.69) is 4.74 Å². The number of hydrogen-bond donors (Lipinski definition) is 1. The lowest BCUT2D eigenvalue weighted by molar-refractivity contribution is 0.111. The molecule has 0 amide bonds. The predicted octanol–water partition coefficient (Wildman–Crippen LogP) is 1.13. The van der Waals surface area contributed by atoms with Crippen molar-refractivity contribution in [2.75, 3.05) is 6.61 Å². The average molecular weight is 153 g/mol. The third kappa shape index (κ3) is 5.59. The lowest BCUT2D eigenvalue weighted by Gasteiger charge is -2.06. The molecule has 0 aliphatic heterocycles. The summed E-state index contributed by atoms with van der Waals surface area (Å²) >= 11 is 4.87. The number of carbonyl (C=O) groups excluding carboxylic acids is 1. The zero-order chi connectivity index (χ0) is 7.28. The fourth-order valence-corrected chi connectivity index (χ4v) is 0.551. The Bertz CT molecular complexity index is 94.2. The molecule has 0 spiro atoms. The quantitative estimate of drug-likeness (QED) is 0.617. The molecule has 1 atom stereocenters. The number of ether oxygens (including phenoxy) is 1. The molecule has 0 heterocycles. The van der Waals surface area contributed by atoms with Crippen LogP contribution >= 0.6 is 11.6 Å². The minimum Gasteiger partial charge on any atom is -0.451 e. The van der Waals surface area contributed by atoms with Crippen molar-refractivity contribution in [3.05, 3.63) is 0 Å². The maximum absolute atomic E-state index is 9.99. The molecule has 0 aliphatic rings. The summed E-state index contributed by atoms with van der Waals surface area (Å²) in [7, 11) is 0. The van der Waals surface area contributed by atoms with Crippen LogP contribution in [0.25, 0.3) is 0 Å². The van der Waals surface area contributed by atoms with Gasteiger partial charge in [-0.15, -0.1) is 0 Å². The lowest BCUT2D eigenvalue weighted by atomic mass is 10.3. The lowest BCUT2D eigenvalue weighted by Crippen LogP contribution is -2.11. The molecule has 0 saturated carbocycles. The summed E-state index contributed by atoms with van der Waals surface area (Å²) in [4.78, 5) is 9.99. The Kier molecular flexibility index (Phi) is 4.44. The van der Waals surface area contributed by atoms with Gasteiger partial charge in [-0.2, -0.15) is 0 Å². The van der Waals surface area contributed by atoms with Gasteiger partial charge in [-0.25, -0.2) is 4.79 Å². The van der Waals surface area contributed by atoms with Gasteiger partial charge in [0.1, 0.15) is 6.10 Å². The molecule has 1 N–H and O–H groups in total. The number of rotatable bonds is 3. The van der Waals surface area contributed by atoms with E-state index >= 15 is 0 Å². The van der Waals surface area contributed by atoms with Gasteiger partial charge >= 0.3 is 5.43 Å². The zero-order valence-electron chi connectivity index (χ0n) is 5.13. The second-order valence-electron chi connectivity index (χ2n) is 1.68. The van der Waals surface area contributed by atoms with Crippen LogP contribution in [0.3, 0.4) is 0 Å². The molecule has 4 heteroatoms. The summed E-state index contributed by atoms with van der Waals surface area (Å²) in [5.74, 6) is 0. The van der Waals surface area contributed by atoms with Crippen molar-refractivity contribution >= 4 is 17.0 Å². The Balaban J connectivity index is 3.26. The SMILES string of the molecule is CC(CCO)OC(=O)Cl. The van der Waals surface area contributed by atoms with Crippen LogP contribution in [0.5, 0.6) is 0 Å². The van der Waals surface area contributed by atoms with Crippen molar-refractivity contribution in [3.63, 3.8) is 0 Å². The molecule has 3 nitrogen and oxygen atoms in total. The highest BCUT2D eigenvalue weighted by Gasteiger charge is 2.04. The summed E-state index contributed by atoms with van der Waals surface area (Å²) < 4.78 is 4.46. The largest absolute Gasteiger partial charge is 0.451 e. The van der Waals surface area contributed by atoms with Gasteiger partial charge < -0.3 is 9.84 Å². The van der Waals surface area contributed by atoms with Crippen molar-refractivity contribution in [2.24, 2.45) is 0 Å². The molecule has 0 aromatic carbocycles. The summed E-state index contributed by atoms with van der Waals surface area (Å²) in [5, 5.41) is 8.32. The average Bonchev–Trinajstić information content (AvgIpc) is 1.63. The van der Waals surface area contributed by atoms with Crippen molar-refractivity contribution in [1.82, 2.24) is 0 Å². The Morgan fingerprint density at radius 2 is 2.44 bits per heavy atom. The number of aliphatic hydroxyl groups excluding tert-OH is 1. The summed E-state index contributed by atoms with van der Waals surface area (Å²) in [6, 6.07) is 0. The van der Waals surface area contributed by atoms with E-state index in [4.69, 9.17) is 16.7 Å². The van der Waals surface area contributed by atoms with Crippen LogP contribution in [-0.4, -0.2) is 23.2 Å². The Labute approximate surface area is 58.6 Å². The maximum atomic E-state index is 9.99. The van der Waals surface area contributed by atoms with E-state index in [1.54, 1.807) is 6.92 Å². The first-order valence-electron chi connectivity index (χ1n) is 2.63. The highest BCUT2D eigenvalue weighted by atomic mass is 35.5. The molecule has 9 heavy (non-hydrogen) atoms. The molecular weight excluding hydrogens is 144 g/mol. The first-order valence-corrected chi connectivity index (χ1v) is 3.01. The van der Waals surface area contributed by atoms with Gasteiger partial charge in [0.2, 0.25) is 0 Å². The van der Waals surface area contributed by atoms with E-state index in [9.17, 15) is 4.79 Å². The van der Waals surface area contributed by atoms with Gasteiger partial charge in [0.25, 0.3) is 0 Å². The van der Waals surface area contributed by atoms with Crippen LogP contribution in [0.4, 0.5) is 4.79 Å². The number of aliphatic hydroxyl groups is 1. The van der Waals surface area contributed by atoms with Crippen LogP contribution in [0.15, 0.2) is 0 Å². The normalized spacial score (nSPS) is 12.8. The van der Waals surface area contributed by atoms with Gasteiger partial charge in [-0.3, -0.25) is 0 Å². The molecule has 0 aromatic heterocycles. The van der Waals surface area contributed by atoms with Crippen molar-refractivity contribution in [2.45, 2.75) is 19.4 Å². The van der Waals surface area contributed by atoms with E-state index in [0.717, 1.165) is 0 Å². The van der Waals surface area contributed by atoms with Crippen molar-refractivity contribution in [3.8, 4) is 0 Å². The van der Waals surface area contributed by atoms with Gasteiger partial charge in [-0.05, 0) is 6.92 Å².